The molecular formula is C20H28OS2. The lowest BCUT2D eigenvalue weighted by Crippen LogP contribution is -2.38. The van der Waals surface area contributed by atoms with Gasteiger partial charge in [0, 0.05) is 10.2 Å². The fourth-order valence-electron chi connectivity index (χ4n) is 3.23. The van der Waals surface area contributed by atoms with Gasteiger partial charge in [0.25, 0.3) is 0 Å². The number of hydrogen-bond donors (Lipinski definition) is 1. The van der Waals surface area contributed by atoms with Crippen LogP contribution in [0.15, 0.2) is 46.7 Å². The first kappa shape index (κ1) is 18.7. The van der Waals surface area contributed by atoms with Crippen molar-refractivity contribution in [2.24, 2.45) is 11.8 Å². The van der Waals surface area contributed by atoms with Crippen LogP contribution in [-0.4, -0.2) is 23.2 Å². The van der Waals surface area contributed by atoms with Crippen molar-refractivity contribution in [3.63, 3.8) is 0 Å². The molecule has 0 aromatic heterocycles. The zero-order valence-electron chi connectivity index (χ0n) is 14.8. The van der Waals surface area contributed by atoms with Crippen LogP contribution in [0.3, 0.4) is 0 Å². The summed E-state index contributed by atoms with van der Waals surface area (Å²) >= 11 is 3.41. The van der Waals surface area contributed by atoms with E-state index in [4.69, 9.17) is 0 Å². The quantitative estimate of drug-likeness (QED) is 0.647. The van der Waals surface area contributed by atoms with Crippen molar-refractivity contribution in [2.45, 2.75) is 38.7 Å². The lowest BCUT2D eigenvalue weighted by Gasteiger charge is -2.33. The molecule has 0 aliphatic heterocycles. The van der Waals surface area contributed by atoms with E-state index in [1.54, 1.807) is 23.5 Å². The summed E-state index contributed by atoms with van der Waals surface area (Å²) in [7, 11) is 0. The van der Waals surface area contributed by atoms with Crippen LogP contribution in [0, 0.1) is 18.8 Å². The van der Waals surface area contributed by atoms with E-state index in [0.29, 0.717) is 5.92 Å². The van der Waals surface area contributed by atoms with E-state index in [2.05, 4.69) is 63.3 Å². The second kappa shape index (κ2) is 7.50. The van der Waals surface area contributed by atoms with Crippen molar-refractivity contribution in [1.29, 1.82) is 0 Å². The third kappa shape index (κ3) is 4.07. The summed E-state index contributed by atoms with van der Waals surface area (Å²) in [5.41, 5.74) is 2.85. The molecule has 1 saturated carbocycles. The minimum atomic E-state index is -0.817. The van der Waals surface area contributed by atoms with Gasteiger partial charge in [-0.2, -0.15) is 0 Å². The number of thioether (sulfide) groups is 2. The Morgan fingerprint density at radius 1 is 1.30 bits per heavy atom. The topological polar surface area (TPSA) is 20.2 Å². The summed E-state index contributed by atoms with van der Waals surface area (Å²) in [6.07, 6.45) is 7.27. The van der Waals surface area contributed by atoms with E-state index in [1.165, 1.54) is 15.4 Å². The van der Waals surface area contributed by atoms with Crippen LogP contribution in [0.1, 0.15) is 37.3 Å². The second-order valence-electron chi connectivity index (χ2n) is 6.69. The maximum Gasteiger partial charge on any atom is 0.0942 e. The molecule has 1 fully saturated rings. The van der Waals surface area contributed by atoms with Gasteiger partial charge in [-0.3, -0.25) is 0 Å². The fourth-order valence-corrected chi connectivity index (χ4v) is 4.51. The van der Waals surface area contributed by atoms with Gasteiger partial charge in [0.15, 0.2) is 0 Å². The summed E-state index contributed by atoms with van der Waals surface area (Å²) < 4.78 is 1.18. The monoisotopic (exact) mass is 348 g/mol. The summed E-state index contributed by atoms with van der Waals surface area (Å²) in [6, 6.07) is 8.74. The minimum absolute atomic E-state index is 0.0530. The van der Waals surface area contributed by atoms with Gasteiger partial charge >= 0.3 is 0 Å². The third-order valence-corrected chi connectivity index (χ3v) is 7.11. The largest absolute Gasteiger partial charge is 0.385 e. The van der Waals surface area contributed by atoms with Gasteiger partial charge in [0.1, 0.15) is 0 Å². The first-order chi connectivity index (χ1) is 10.8. The van der Waals surface area contributed by atoms with Crippen LogP contribution in [0.5, 0.6) is 0 Å². The zero-order valence-corrected chi connectivity index (χ0v) is 16.4. The summed E-state index contributed by atoms with van der Waals surface area (Å²) in [5, 5.41) is 11.5. The Labute approximate surface area is 149 Å². The molecule has 1 nitrogen and oxygen atoms in total. The van der Waals surface area contributed by atoms with Gasteiger partial charge in [0.05, 0.1) is 5.60 Å². The van der Waals surface area contributed by atoms with Crippen LogP contribution in [0.4, 0.5) is 0 Å². The maximum atomic E-state index is 11.5. The van der Waals surface area contributed by atoms with Crippen LogP contribution in [-0.2, 0) is 0 Å². The number of aryl methyl sites for hydroxylation is 1. The molecule has 1 aliphatic rings. The van der Waals surface area contributed by atoms with Crippen LogP contribution >= 0.6 is 23.5 Å². The SMILES string of the molecule is C=C(C)C(C)C(O)(C=C(SC)SC)C1CC1c1ccc(C)cc1. The molecule has 0 radical (unpaired) electrons. The number of hydrogen-bond acceptors (Lipinski definition) is 3. The van der Waals surface area contributed by atoms with E-state index in [0.717, 1.165) is 12.0 Å². The van der Waals surface area contributed by atoms with E-state index in [9.17, 15) is 5.11 Å². The highest BCUT2D eigenvalue weighted by molar-refractivity contribution is 8.21. The van der Waals surface area contributed by atoms with E-state index < -0.39 is 5.60 Å². The molecule has 1 N–H and O–H groups in total. The van der Waals surface area contributed by atoms with Gasteiger partial charge in [-0.1, -0.05) is 48.9 Å². The molecule has 0 heterocycles. The zero-order chi connectivity index (χ0) is 17.2. The van der Waals surface area contributed by atoms with Crippen molar-refractivity contribution in [1.82, 2.24) is 0 Å². The van der Waals surface area contributed by atoms with Crippen LogP contribution in [0.2, 0.25) is 0 Å². The second-order valence-corrected chi connectivity index (χ2v) is 8.64. The van der Waals surface area contributed by atoms with Crippen LogP contribution < -0.4 is 0 Å². The van der Waals surface area contributed by atoms with E-state index in [-0.39, 0.29) is 11.8 Å². The highest BCUT2D eigenvalue weighted by atomic mass is 32.2. The lowest BCUT2D eigenvalue weighted by atomic mass is 9.79. The smallest absolute Gasteiger partial charge is 0.0942 e. The Balaban J connectivity index is 2.31. The Hall–Kier alpha value is -0.640. The molecule has 4 unspecified atom stereocenters. The standard InChI is InChI=1S/C20H28OS2/c1-13(2)15(4)20(21,12-19(22-5)23-6)18-11-17(18)16-9-7-14(3)8-10-16/h7-10,12,15,17-18,21H,1,11H2,2-6H3. The molecule has 4 atom stereocenters. The lowest BCUT2D eigenvalue weighted by molar-refractivity contribution is 0.0263. The van der Waals surface area contributed by atoms with Crippen molar-refractivity contribution >= 4 is 23.5 Å². The Kier molecular flexibility index (Phi) is 6.10. The molecule has 0 saturated heterocycles. The molecule has 1 aromatic carbocycles. The number of benzene rings is 1. The first-order valence-electron chi connectivity index (χ1n) is 8.08. The molecule has 0 amide bonds. The summed E-state index contributed by atoms with van der Waals surface area (Å²) in [4.78, 5) is 0. The van der Waals surface area contributed by atoms with Gasteiger partial charge in [-0.15, -0.1) is 23.5 Å². The predicted molar refractivity (Wildman–Crippen MR) is 106 cm³/mol. The molecular weight excluding hydrogens is 320 g/mol. The Morgan fingerprint density at radius 2 is 1.87 bits per heavy atom. The minimum Gasteiger partial charge on any atom is -0.385 e. The van der Waals surface area contributed by atoms with Gasteiger partial charge in [-0.05, 0) is 56.3 Å². The molecule has 3 heteroatoms. The molecule has 23 heavy (non-hydrogen) atoms. The van der Waals surface area contributed by atoms with Gasteiger partial charge in [-0.25, -0.2) is 0 Å². The Bertz CT molecular complexity index is 584. The van der Waals surface area contributed by atoms with E-state index >= 15 is 0 Å². The van der Waals surface area contributed by atoms with Crippen molar-refractivity contribution in [3.8, 4) is 0 Å². The highest BCUT2D eigenvalue weighted by Gasteiger charge is 2.54. The van der Waals surface area contributed by atoms with Crippen LogP contribution in [0.25, 0.3) is 0 Å². The van der Waals surface area contributed by atoms with E-state index in [1.807, 2.05) is 6.92 Å². The first-order valence-corrected chi connectivity index (χ1v) is 10.5. The number of rotatable bonds is 7. The summed E-state index contributed by atoms with van der Waals surface area (Å²) in [5.74, 6) is 0.770. The molecule has 126 valence electrons. The average Bonchev–Trinajstić information content (AvgIpc) is 3.33. The highest BCUT2D eigenvalue weighted by Crippen LogP contribution is 2.57. The molecule has 2 rings (SSSR count). The average molecular weight is 349 g/mol. The normalized spacial score (nSPS) is 23.7. The fraction of sp³-hybridized carbons (Fsp3) is 0.500. The molecule has 0 bridgehead atoms. The predicted octanol–water partition coefficient (Wildman–Crippen LogP) is 5.61. The molecule has 1 aromatic rings. The number of aliphatic hydroxyl groups is 1. The molecule has 0 spiro atoms. The van der Waals surface area contributed by atoms with Crippen molar-refractivity contribution in [3.05, 3.63) is 57.9 Å². The maximum absolute atomic E-state index is 11.5. The molecule has 1 aliphatic carbocycles. The Morgan fingerprint density at radius 3 is 2.35 bits per heavy atom. The van der Waals surface area contributed by atoms with Gasteiger partial charge < -0.3 is 5.11 Å². The van der Waals surface area contributed by atoms with Crippen molar-refractivity contribution in [2.75, 3.05) is 12.5 Å². The third-order valence-electron chi connectivity index (χ3n) is 5.07. The van der Waals surface area contributed by atoms with Gasteiger partial charge in [0.2, 0.25) is 0 Å². The van der Waals surface area contributed by atoms with Crippen molar-refractivity contribution < 1.29 is 5.11 Å². The summed E-state index contributed by atoms with van der Waals surface area (Å²) in [6.45, 7) is 10.3.